The first kappa shape index (κ1) is 20.6. The van der Waals surface area contributed by atoms with Crippen LogP contribution in [0.1, 0.15) is 48.3 Å². The van der Waals surface area contributed by atoms with Crippen LogP contribution in [-0.4, -0.2) is 33.7 Å². The summed E-state index contributed by atoms with van der Waals surface area (Å²) in [4.78, 5) is 15.1. The number of rotatable bonds is 6. The third-order valence-electron chi connectivity index (χ3n) is 5.93. The maximum atomic E-state index is 12.5. The Morgan fingerprint density at radius 1 is 1.14 bits per heavy atom. The smallest absolute Gasteiger partial charge is 0.224 e. The van der Waals surface area contributed by atoms with Gasteiger partial charge in [-0.05, 0) is 43.2 Å². The summed E-state index contributed by atoms with van der Waals surface area (Å²) in [5.41, 5.74) is 5.55. The van der Waals surface area contributed by atoms with E-state index < -0.39 is 0 Å². The fourth-order valence-electron chi connectivity index (χ4n) is 4.54. The van der Waals surface area contributed by atoms with Crippen molar-refractivity contribution in [1.82, 2.24) is 20.0 Å². The molecule has 0 aliphatic carbocycles. The number of likely N-dealkylation sites (tertiary alicyclic amines) is 1. The normalized spacial score (nSPS) is 20.3. The monoisotopic (exact) mass is 382 g/mol. The standard InChI is InChI=1S/C23H34N4O/c1-16-10-17(2)14-27(13-16)15-21-9-7-6-8-20(21)12-24-23(28)11-22-18(3)25-26(5)19(22)4/h6-9,16-17H,10-15H2,1-5H3,(H,24,28). The quantitative estimate of drug-likeness (QED) is 0.833. The van der Waals surface area contributed by atoms with E-state index in [-0.39, 0.29) is 5.91 Å². The second-order valence-corrected chi connectivity index (χ2v) is 8.64. The summed E-state index contributed by atoms with van der Waals surface area (Å²) in [6.07, 6.45) is 1.70. The lowest BCUT2D eigenvalue weighted by molar-refractivity contribution is -0.120. The number of carbonyl (C=O) groups excluding carboxylic acids is 1. The molecule has 1 saturated heterocycles. The maximum Gasteiger partial charge on any atom is 0.224 e. The topological polar surface area (TPSA) is 50.2 Å². The Bertz CT molecular complexity index is 816. The minimum atomic E-state index is 0.0502. The molecule has 1 N–H and O–H groups in total. The molecular weight excluding hydrogens is 348 g/mol. The van der Waals surface area contributed by atoms with Crippen molar-refractivity contribution in [3.8, 4) is 0 Å². The van der Waals surface area contributed by atoms with E-state index in [9.17, 15) is 4.79 Å². The zero-order chi connectivity index (χ0) is 20.3. The van der Waals surface area contributed by atoms with Gasteiger partial charge in [0, 0.05) is 44.5 Å². The van der Waals surface area contributed by atoms with Crippen LogP contribution in [0.15, 0.2) is 24.3 Å². The van der Waals surface area contributed by atoms with E-state index in [1.165, 1.54) is 17.5 Å². The lowest BCUT2D eigenvalue weighted by Crippen LogP contribution is -2.38. The van der Waals surface area contributed by atoms with E-state index in [2.05, 4.69) is 53.4 Å². The first-order valence-electron chi connectivity index (χ1n) is 10.4. The Hall–Kier alpha value is -2.14. The number of nitrogens with one attached hydrogen (secondary N) is 1. The molecule has 1 aliphatic heterocycles. The molecule has 0 radical (unpaired) electrons. The summed E-state index contributed by atoms with van der Waals surface area (Å²) in [7, 11) is 1.92. The molecule has 0 saturated carbocycles. The van der Waals surface area contributed by atoms with Gasteiger partial charge in [-0.15, -0.1) is 0 Å². The minimum absolute atomic E-state index is 0.0502. The van der Waals surface area contributed by atoms with Gasteiger partial charge in [-0.2, -0.15) is 5.10 Å². The largest absolute Gasteiger partial charge is 0.352 e. The van der Waals surface area contributed by atoms with Crippen LogP contribution in [-0.2, 0) is 31.4 Å². The van der Waals surface area contributed by atoms with E-state index >= 15 is 0 Å². The molecule has 1 amide bonds. The van der Waals surface area contributed by atoms with Crippen molar-refractivity contribution in [1.29, 1.82) is 0 Å². The molecule has 1 aromatic heterocycles. The third kappa shape index (κ3) is 5.02. The molecule has 152 valence electrons. The molecule has 28 heavy (non-hydrogen) atoms. The number of nitrogens with zero attached hydrogens (tertiary/aromatic N) is 3. The predicted octanol–water partition coefficient (Wildman–Crippen LogP) is 3.37. The molecule has 2 aromatic rings. The number of hydrogen-bond donors (Lipinski definition) is 1. The summed E-state index contributed by atoms with van der Waals surface area (Å²) in [5, 5.41) is 7.52. The van der Waals surface area contributed by atoms with Gasteiger partial charge in [0.25, 0.3) is 0 Å². The highest BCUT2D eigenvalue weighted by atomic mass is 16.1. The molecular formula is C23H34N4O. The van der Waals surface area contributed by atoms with E-state index in [0.29, 0.717) is 13.0 Å². The molecule has 3 rings (SSSR count). The second-order valence-electron chi connectivity index (χ2n) is 8.64. The minimum Gasteiger partial charge on any atom is -0.352 e. The van der Waals surface area contributed by atoms with Crippen molar-refractivity contribution in [2.45, 2.75) is 53.6 Å². The Morgan fingerprint density at radius 3 is 2.39 bits per heavy atom. The van der Waals surface area contributed by atoms with Crippen LogP contribution < -0.4 is 5.32 Å². The average Bonchev–Trinajstić information content (AvgIpc) is 2.86. The van der Waals surface area contributed by atoms with Gasteiger partial charge in [0.15, 0.2) is 0 Å². The third-order valence-corrected chi connectivity index (χ3v) is 5.93. The zero-order valence-corrected chi connectivity index (χ0v) is 18.0. The SMILES string of the molecule is Cc1nn(C)c(C)c1CC(=O)NCc1ccccc1CN1CC(C)CC(C)C1. The number of carbonyl (C=O) groups is 1. The van der Waals surface area contributed by atoms with Crippen molar-refractivity contribution < 1.29 is 4.79 Å². The van der Waals surface area contributed by atoms with E-state index in [1.54, 1.807) is 0 Å². The maximum absolute atomic E-state index is 12.5. The number of benzene rings is 1. The molecule has 1 aromatic carbocycles. The van der Waals surface area contributed by atoms with Gasteiger partial charge < -0.3 is 5.32 Å². The molecule has 0 bridgehead atoms. The van der Waals surface area contributed by atoms with Gasteiger partial charge in [-0.25, -0.2) is 0 Å². The van der Waals surface area contributed by atoms with E-state index in [4.69, 9.17) is 0 Å². The lowest BCUT2D eigenvalue weighted by Gasteiger charge is -2.35. The van der Waals surface area contributed by atoms with Crippen LogP contribution >= 0.6 is 0 Å². The summed E-state index contributed by atoms with van der Waals surface area (Å²) in [6, 6.07) is 8.48. The highest BCUT2D eigenvalue weighted by Crippen LogP contribution is 2.23. The van der Waals surface area contributed by atoms with Crippen molar-refractivity contribution >= 4 is 5.91 Å². The van der Waals surface area contributed by atoms with Crippen molar-refractivity contribution in [3.05, 3.63) is 52.3 Å². The number of aryl methyl sites for hydroxylation is 2. The van der Waals surface area contributed by atoms with Crippen molar-refractivity contribution in [2.75, 3.05) is 13.1 Å². The van der Waals surface area contributed by atoms with Crippen LogP contribution in [0.2, 0.25) is 0 Å². The molecule has 0 spiro atoms. The van der Waals surface area contributed by atoms with Gasteiger partial charge in [-0.1, -0.05) is 38.1 Å². The summed E-state index contributed by atoms with van der Waals surface area (Å²) in [5.74, 6) is 1.55. The first-order chi connectivity index (χ1) is 13.3. The second kappa shape index (κ2) is 8.91. The highest BCUT2D eigenvalue weighted by Gasteiger charge is 2.22. The average molecular weight is 383 g/mol. The van der Waals surface area contributed by atoms with E-state index in [0.717, 1.165) is 48.4 Å². The number of amides is 1. The Morgan fingerprint density at radius 2 is 1.79 bits per heavy atom. The molecule has 2 heterocycles. The van der Waals surface area contributed by atoms with Crippen LogP contribution in [0, 0.1) is 25.7 Å². The first-order valence-corrected chi connectivity index (χ1v) is 10.4. The molecule has 1 aliphatic rings. The Kier molecular flexibility index (Phi) is 6.55. The molecule has 5 heteroatoms. The summed E-state index contributed by atoms with van der Waals surface area (Å²) in [6.45, 7) is 12.5. The number of aromatic nitrogens is 2. The van der Waals surface area contributed by atoms with Gasteiger partial charge in [0.2, 0.25) is 5.91 Å². The van der Waals surface area contributed by atoms with Crippen LogP contribution in [0.25, 0.3) is 0 Å². The molecule has 2 atom stereocenters. The number of hydrogen-bond acceptors (Lipinski definition) is 3. The van der Waals surface area contributed by atoms with Crippen LogP contribution in [0.4, 0.5) is 0 Å². The van der Waals surface area contributed by atoms with Gasteiger partial charge in [0.05, 0.1) is 12.1 Å². The molecule has 2 unspecified atom stereocenters. The molecule has 1 fully saturated rings. The number of piperidine rings is 1. The van der Waals surface area contributed by atoms with Crippen LogP contribution in [0.3, 0.4) is 0 Å². The van der Waals surface area contributed by atoms with E-state index in [1.807, 2.05) is 25.6 Å². The predicted molar refractivity (Wildman–Crippen MR) is 113 cm³/mol. The van der Waals surface area contributed by atoms with Crippen molar-refractivity contribution in [3.63, 3.8) is 0 Å². The van der Waals surface area contributed by atoms with Crippen molar-refractivity contribution in [2.24, 2.45) is 18.9 Å². The lowest BCUT2D eigenvalue weighted by atomic mass is 9.91. The fourth-order valence-corrected chi connectivity index (χ4v) is 4.54. The summed E-state index contributed by atoms with van der Waals surface area (Å²) < 4.78 is 1.84. The Balaban J connectivity index is 1.61. The van der Waals surface area contributed by atoms with Gasteiger partial charge >= 0.3 is 0 Å². The van der Waals surface area contributed by atoms with Crippen LogP contribution in [0.5, 0.6) is 0 Å². The summed E-state index contributed by atoms with van der Waals surface area (Å²) >= 11 is 0. The fraction of sp³-hybridized carbons (Fsp3) is 0.565. The van der Waals surface area contributed by atoms with Gasteiger partial charge in [0.1, 0.15) is 0 Å². The highest BCUT2D eigenvalue weighted by molar-refractivity contribution is 5.79. The zero-order valence-electron chi connectivity index (χ0n) is 18.0. The van der Waals surface area contributed by atoms with Gasteiger partial charge in [-0.3, -0.25) is 14.4 Å². The Labute approximate surface area is 169 Å². The molecule has 5 nitrogen and oxygen atoms in total.